The number of nitrogens with one attached hydrogen (secondary N) is 1. The standard InChI is InChI=1S/C12H18N2O2S2/c1-17-11-5-3-2-4-10(11)13-8-9-6-7-12(18-9)14(15)16/h6-7,10-11,13H,2-5,8H2,1H3. The van der Waals surface area contributed by atoms with Gasteiger partial charge in [-0.1, -0.05) is 24.2 Å². The summed E-state index contributed by atoms with van der Waals surface area (Å²) in [4.78, 5) is 11.3. The highest BCUT2D eigenvalue weighted by Gasteiger charge is 2.23. The quantitative estimate of drug-likeness (QED) is 0.665. The van der Waals surface area contributed by atoms with Crippen LogP contribution in [0.2, 0.25) is 0 Å². The molecule has 1 heterocycles. The Morgan fingerprint density at radius 2 is 2.28 bits per heavy atom. The lowest BCUT2D eigenvalue weighted by atomic mass is 9.95. The smallest absolute Gasteiger partial charge is 0.308 e. The molecule has 2 atom stereocenters. The minimum Gasteiger partial charge on any atom is -0.308 e. The number of hydrogen-bond acceptors (Lipinski definition) is 5. The number of hydrogen-bond donors (Lipinski definition) is 1. The summed E-state index contributed by atoms with van der Waals surface area (Å²) < 4.78 is 0. The molecule has 1 N–H and O–H groups in total. The molecule has 0 spiro atoms. The maximum absolute atomic E-state index is 10.6. The molecule has 1 saturated carbocycles. The van der Waals surface area contributed by atoms with E-state index >= 15 is 0 Å². The van der Waals surface area contributed by atoms with Gasteiger partial charge in [-0.05, 0) is 25.2 Å². The molecule has 0 radical (unpaired) electrons. The molecule has 1 aromatic rings. The molecule has 4 nitrogen and oxygen atoms in total. The first-order valence-corrected chi connectivity index (χ1v) is 8.30. The third-order valence-corrected chi connectivity index (χ3v) is 5.58. The molecule has 1 aromatic heterocycles. The lowest BCUT2D eigenvalue weighted by Crippen LogP contribution is -2.39. The third-order valence-electron chi connectivity index (χ3n) is 3.37. The number of thioether (sulfide) groups is 1. The van der Waals surface area contributed by atoms with Crippen LogP contribution in [0.5, 0.6) is 0 Å². The predicted molar refractivity (Wildman–Crippen MR) is 77.4 cm³/mol. The van der Waals surface area contributed by atoms with Gasteiger partial charge < -0.3 is 5.32 Å². The first-order chi connectivity index (χ1) is 8.70. The van der Waals surface area contributed by atoms with Crippen LogP contribution in [-0.4, -0.2) is 22.5 Å². The molecule has 2 unspecified atom stereocenters. The lowest BCUT2D eigenvalue weighted by Gasteiger charge is -2.30. The van der Waals surface area contributed by atoms with E-state index in [4.69, 9.17) is 0 Å². The van der Waals surface area contributed by atoms with E-state index in [2.05, 4.69) is 11.6 Å². The van der Waals surface area contributed by atoms with Crippen LogP contribution in [0, 0.1) is 10.1 Å². The average molecular weight is 286 g/mol. The summed E-state index contributed by atoms with van der Waals surface area (Å²) >= 11 is 3.20. The fourth-order valence-corrected chi connectivity index (χ4v) is 4.14. The topological polar surface area (TPSA) is 55.2 Å². The van der Waals surface area contributed by atoms with Crippen LogP contribution < -0.4 is 5.32 Å². The molecular formula is C12H18N2O2S2. The number of thiophene rings is 1. The summed E-state index contributed by atoms with van der Waals surface area (Å²) in [5, 5.41) is 15.1. The highest BCUT2D eigenvalue weighted by Crippen LogP contribution is 2.28. The lowest BCUT2D eigenvalue weighted by molar-refractivity contribution is -0.380. The van der Waals surface area contributed by atoms with Crippen molar-refractivity contribution in [1.29, 1.82) is 0 Å². The largest absolute Gasteiger partial charge is 0.324 e. The van der Waals surface area contributed by atoms with E-state index < -0.39 is 0 Å². The van der Waals surface area contributed by atoms with Gasteiger partial charge in [0.25, 0.3) is 0 Å². The van der Waals surface area contributed by atoms with Gasteiger partial charge in [0.15, 0.2) is 0 Å². The van der Waals surface area contributed by atoms with Gasteiger partial charge in [0.2, 0.25) is 0 Å². The van der Waals surface area contributed by atoms with Crippen LogP contribution in [0.25, 0.3) is 0 Å². The van der Waals surface area contributed by atoms with Gasteiger partial charge in [-0.2, -0.15) is 11.8 Å². The zero-order valence-corrected chi connectivity index (χ0v) is 12.1. The third kappa shape index (κ3) is 3.46. The van der Waals surface area contributed by atoms with Crippen LogP contribution in [0.15, 0.2) is 12.1 Å². The summed E-state index contributed by atoms with van der Waals surface area (Å²) in [7, 11) is 0. The Hall–Kier alpha value is -0.590. The summed E-state index contributed by atoms with van der Waals surface area (Å²) in [6, 6.07) is 4.00. The van der Waals surface area contributed by atoms with Gasteiger partial charge in [0, 0.05) is 28.8 Å². The van der Waals surface area contributed by atoms with Crippen molar-refractivity contribution in [3.63, 3.8) is 0 Å². The second-order valence-electron chi connectivity index (χ2n) is 4.54. The SMILES string of the molecule is CSC1CCCCC1NCc1ccc([N+](=O)[O-])s1. The fraction of sp³-hybridized carbons (Fsp3) is 0.667. The summed E-state index contributed by atoms with van der Waals surface area (Å²) in [5.41, 5.74) is 0. The highest BCUT2D eigenvalue weighted by molar-refractivity contribution is 7.99. The van der Waals surface area contributed by atoms with Gasteiger partial charge in [-0.15, -0.1) is 0 Å². The fourth-order valence-electron chi connectivity index (χ4n) is 2.40. The van der Waals surface area contributed by atoms with Crippen molar-refractivity contribution in [2.24, 2.45) is 0 Å². The van der Waals surface area contributed by atoms with Crippen LogP contribution >= 0.6 is 23.1 Å². The molecule has 18 heavy (non-hydrogen) atoms. The minimum atomic E-state index is -0.320. The van der Waals surface area contributed by atoms with Crippen molar-refractivity contribution in [3.05, 3.63) is 27.1 Å². The summed E-state index contributed by atoms with van der Waals surface area (Å²) in [6.45, 7) is 0.750. The predicted octanol–water partition coefficient (Wildman–Crippen LogP) is 3.42. The molecule has 0 aliphatic heterocycles. The van der Waals surface area contributed by atoms with E-state index in [1.807, 2.05) is 17.8 Å². The van der Waals surface area contributed by atoms with Crippen molar-refractivity contribution in [2.75, 3.05) is 6.26 Å². The van der Waals surface area contributed by atoms with Crippen LogP contribution in [-0.2, 0) is 6.54 Å². The van der Waals surface area contributed by atoms with Gasteiger partial charge in [-0.3, -0.25) is 10.1 Å². The van der Waals surface area contributed by atoms with Crippen molar-refractivity contribution in [3.8, 4) is 0 Å². The summed E-state index contributed by atoms with van der Waals surface area (Å²) in [6.07, 6.45) is 7.29. The molecule has 2 rings (SSSR count). The Kier molecular flexibility index (Phi) is 5.03. The maximum Gasteiger partial charge on any atom is 0.324 e. The second-order valence-corrected chi connectivity index (χ2v) is 6.77. The van der Waals surface area contributed by atoms with Crippen LogP contribution in [0.3, 0.4) is 0 Å². The zero-order chi connectivity index (χ0) is 13.0. The second kappa shape index (κ2) is 6.54. The number of nitro groups is 1. The molecular weight excluding hydrogens is 268 g/mol. The van der Waals surface area contributed by atoms with E-state index in [0.717, 1.165) is 11.4 Å². The molecule has 1 fully saturated rings. The van der Waals surface area contributed by atoms with Gasteiger partial charge in [0.1, 0.15) is 0 Å². The van der Waals surface area contributed by atoms with E-state index in [0.29, 0.717) is 11.3 Å². The molecule has 0 aromatic carbocycles. The van der Waals surface area contributed by atoms with Crippen LogP contribution in [0.4, 0.5) is 5.00 Å². The maximum atomic E-state index is 10.6. The molecule has 0 saturated heterocycles. The molecule has 0 amide bonds. The van der Waals surface area contributed by atoms with E-state index in [9.17, 15) is 10.1 Å². The minimum absolute atomic E-state index is 0.233. The van der Waals surface area contributed by atoms with E-state index in [1.54, 1.807) is 6.07 Å². The van der Waals surface area contributed by atoms with Crippen molar-refractivity contribution in [2.45, 2.75) is 43.5 Å². The Morgan fingerprint density at radius 1 is 1.50 bits per heavy atom. The van der Waals surface area contributed by atoms with Gasteiger partial charge >= 0.3 is 5.00 Å². The zero-order valence-electron chi connectivity index (χ0n) is 10.4. The van der Waals surface area contributed by atoms with Gasteiger partial charge in [0.05, 0.1) is 4.92 Å². The first kappa shape index (κ1) is 13.8. The Morgan fingerprint density at radius 3 is 2.94 bits per heavy atom. The molecule has 6 heteroatoms. The number of nitrogens with zero attached hydrogens (tertiary/aromatic N) is 1. The van der Waals surface area contributed by atoms with E-state index in [1.165, 1.54) is 37.0 Å². The Bertz CT molecular complexity index is 409. The Balaban J connectivity index is 1.87. The molecule has 0 bridgehead atoms. The monoisotopic (exact) mass is 286 g/mol. The van der Waals surface area contributed by atoms with Crippen molar-refractivity contribution < 1.29 is 4.92 Å². The van der Waals surface area contributed by atoms with Crippen LogP contribution in [0.1, 0.15) is 30.6 Å². The van der Waals surface area contributed by atoms with Gasteiger partial charge in [-0.25, -0.2) is 0 Å². The Labute approximate surface area is 115 Å². The summed E-state index contributed by atoms with van der Waals surface area (Å²) in [5.74, 6) is 0. The van der Waals surface area contributed by atoms with Crippen molar-refractivity contribution in [1.82, 2.24) is 5.32 Å². The average Bonchev–Trinajstić information content (AvgIpc) is 2.85. The highest BCUT2D eigenvalue weighted by atomic mass is 32.2. The number of rotatable bonds is 5. The van der Waals surface area contributed by atoms with Crippen molar-refractivity contribution >= 4 is 28.1 Å². The molecule has 1 aliphatic carbocycles. The molecule has 1 aliphatic rings. The molecule has 100 valence electrons. The first-order valence-electron chi connectivity index (χ1n) is 6.20. The normalized spacial score (nSPS) is 24.1. The van der Waals surface area contributed by atoms with E-state index in [-0.39, 0.29) is 9.92 Å².